The molecule has 0 aliphatic heterocycles. The Balaban J connectivity index is 1.85. The third kappa shape index (κ3) is 4.18. The van der Waals surface area contributed by atoms with E-state index in [1.165, 1.54) is 28.0 Å². The predicted molar refractivity (Wildman–Crippen MR) is 173 cm³/mol. The second kappa shape index (κ2) is 8.84. The first-order chi connectivity index (χ1) is 20.0. The average Bonchev–Trinajstić information content (AvgIpc) is 3.24. The van der Waals surface area contributed by atoms with E-state index in [9.17, 15) is 13.2 Å². The summed E-state index contributed by atoms with van der Waals surface area (Å²) in [5.74, 6) is 0. The Morgan fingerprint density at radius 2 is 1.42 bits per heavy atom. The summed E-state index contributed by atoms with van der Waals surface area (Å²) in [4.78, 5) is 0. The molecule has 3 aromatic heterocycles. The highest BCUT2D eigenvalue weighted by Crippen LogP contribution is 2.49. The number of fused-ring (bicyclic) bond motifs is 7. The first kappa shape index (κ1) is 27.9. The van der Waals surface area contributed by atoms with Gasteiger partial charge in [0.2, 0.25) is 5.52 Å². The third-order valence-electron chi connectivity index (χ3n) is 8.95. The zero-order chi connectivity index (χ0) is 30.8. The smallest absolute Gasteiger partial charge is 0.307 e. The first-order valence-corrected chi connectivity index (χ1v) is 15.1. The van der Waals surface area contributed by atoms with Crippen LogP contribution < -0.4 is 4.57 Å². The van der Waals surface area contributed by atoms with E-state index in [1.54, 1.807) is 0 Å². The lowest BCUT2D eigenvalue weighted by molar-refractivity contribution is -0.643. The van der Waals surface area contributed by atoms with Crippen molar-refractivity contribution in [3.63, 3.8) is 0 Å². The van der Waals surface area contributed by atoms with Crippen LogP contribution in [0.2, 0.25) is 0 Å². The highest BCUT2D eigenvalue weighted by atomic mass is 19.4. The zero-order valence-corrected chi connectivity index (χ0v) is 26.2. The quantitative estimate of drug-likeness (QED) is 0.109. The van der Waals surface area contributed by atoms with E-state index in [1.807, 2.05) is 43.6 Å². The summed E-state index contributed by atoms with van der Waals surface area (Å²) in [5, 5.41) is 5.93. The minimum absolute atomic E-state index is 0.0512. The summed E-state index contributed by atoms with van der Waals surface area (Å²) in [6, 6.07) is 17.7. The van der Waals surface area contributed by atoms with Crippen LogP contribution in [0.15, 0.2) is 60.8 Å². The maximum atomic E-state index is 14.8. The fourth-order valence-corrected chi connectivity index (χ4v) is 7.49. The van der Waals surface area contributed by atoms with Gasteiger partial charge in [-0.1, -0.05) is 77.9 Å². The fourth-order valence-electron chi connectivity index (χ4n) is 7.49. The number of aryl methyl sites for hydroxylation is 2. The maximum Gasteiger partial charge on any atom is 0.417 e. The number of halogens is 3. The Labute approximate surface area is 250 Å². The van der Waals surface area contributed by atoms with Crippen molar-refractivity contribution in [2.75, 3.05) is 0 Å². The molecule has 0 aliphatic carbocycles. The number of para-hydroxylation sites is 1. The van der Waals surface area contributed by atoms with E-state index < -0.39 is 11.7 Å². The average molecular weight is 580 g/mol. The monoisotopic (exact) mass is 579 g/mol. The molecule has 0 saturated carbocycles. The number of hydrogen-bond acceptors (Lipinski definition) is 0. The fraction of sp³-hybridized carbons (Fsp3) is 0.342. The van der Waals surface area contributed by atoms with Crippen molar-refractivity contribution in [3.05, 3.63) is 83.0 Å². The normalized spacial score (nSPS) is 13.7. The van der Waals surface area contributed by atoms with Gasteiger partial charge in [0.15, 0.2) is 6.20 Å². The molecule has 0 amide bonds. The van der Waals surface area contributed by atoms with Gasteiger partial charge in [-0.15, -0.1) is 0 Å². The maximum absolute atomic E-state index is 14.8. The van der Waals surface area contributed by atoms with Gasteiger partial charge in [-0.25, -0.2) is 4.57 Å². The van der Waals surface area contributed by atoms with Crippen molar-refractivity contribution in [1.29, 1.82) is 0 Å². The molecule has 7 aromatic rings. The van der Waals surface area contributed by atoms with Gasteiger partial charge < -0.3 is 4.40 Å². The van der Waals surface area contributed by atoms with E-state index >= 15 is 0 Å². The van der Waals surface area contributed by atoms with E-state index in [4.69, 9.17) is 0 Å². The molecule has 0 aliphatic rings. The van der Waals surface area contributed by atoms with Crippen LogP contribution >= 0.6 is 0 Å². The number of alkyl halides is 3. The van der Waals surface area contributed by atoms with E-state index in [0.29, 0.717) is 16.3 Å². The van der Waals surface area contributed by atoms with Gasteiger partial charge in [-0.3, -0.25) is 0 Å². The number of benzene rings is 4. The molecule has 43 heavy (non-hydrogen) atoms. The summed E-state index contributed by atoms with van der Waals surface area (Å²) in [6.07, 6.45) is -0.830. The Kier molecular flexibility index (Phi) is 5.75. The topological polar surface area (TPSA) is 8.29 Å². The van der Waals surface area contributed by atoms with Crippen molar-refractivity contribution in [1.82, 2.24) is 4.40 Å². The lowest BCUT2D eigenvalue weighted by Gasteiger charge is -2.25. The van der Waals surface area contributed by atoms with Gasteiger partial charge >= 0.3 is 6.18 Å². The Hall–Kier alpha value is -3.86. The first-order valence-electron chi connectivity index (χ1n) is 15.1. The van der Waals surface area contributed by atoms with Crippen LogP contribution in [0.3, 0.4) is 0 Å². The van der Waals surface area contributed by atoms with Gasteiger partial charge in [0.05, 0.1) is 32.9 Å². The highest BCUT2D eigenvalue weighted by molar-refractivity contribution is 6.29. The molecule has 2 nitrogen and oxygen atoms in total. The van der Waals surface area contributed by atoms with Gasteiger partial charge in [0, 0.05) is 16.8 Å². The SMILES string of the molecule is Cc1c2cc(CC(C)(C)C)ccc2c(CC(C)(C)C)c2c1c1c3c(cc[n+]1C)cc(C(F)(F)F)c1c4ccccc4n2c13. The molecule has 7 rings (SSSR count). The molecule has 0 radical (unpaired) electrons. The molecule has 0 N–H and O–H groups in total. The second-order valence-electron chi connectivity index (χ2n) is 14.9. The van der Waals surface area contributed by atoms with Crippen molar-refractivity contribution >= 4 is 59.8 Å². The van der Waals surface area contributed by atoms with Crippen LogP contribution in [0.4, 0.5) is 13.2 Å². The van der Waals surface area contributed by atoms with Crippen molar-refractivity contribution in [3.8, 4) is 0 Å². The molecular weight excluding hydrogens is 541 g/mol. The molecule has 5 heteroatoms. The molecule has 3 heterocycles. The van der Waals surface area contributed by atoms with E-state index in [2.05, 4.69) is 75.6 Å². The van der Waals surface area contributed by atoms with E-state index in [-0.39, 0.29) is 16.2 Å². The molecular formula is C38H38F3N2+. The predicted octanol–water partition coefficient (Wildman–Crippen LogP) is 10.5. The van der Waals surface area contributed by atoms with Crippen LogP contribution in [0, 0.1) is 17.8 Å². The van der Waals surface area contributed by atoms with Gasteiger partial charge in [0.25, 0.3) is 0 Å². The number of rotatable bonds is 2. The highest BCUT2D eigenvalue weighted by Gasteiger charge is 2.37. The molecule has 0 saturated heterocycles. The van der Waals surface area contributed by atoms with Crippen molar-refractivity contribution < 1.29 is 17.7 Å². The number of aromatic nitrogens is 2. The lowest BCUT2D eigenvalue weighted by Crippen LogP contribution is -2.29. The lowest BCUT2D eigenvalue weighted by atomic mass is 9.81. The van der Waals surface area contributed by atoms with E-state index in [0.717, 1.165) is 45.7 Å². The molecule has 0 spiro atoms. The molecule has 0 bridgehead atoms. The van der Waals surface area contributed by atoms with Gasteiger partial charge in [-0.2, -0.15) is 13.2 Å². The number of nitrogens with zero attached hydrogens (tertiary/aromatic N) is 2. The summed E-state index contributed by atoms with van der Waals surface area (Å²) in [6.45, 7) is 15.7. The largest absolute Gasteiger partial charge is 0.417 e. The number of hydrogen-bond donors (Lipinski definition) is 0. The van der Waals surface area contributed by atoms with Crippen LogP contribution in [0.5, 0.6) is 0 Å². The van der Waals surface area contributed by atoms with Crippen LogP contribution in [-0.4, -0.2) is 4.40 Å². The minimum atomic E-state index is -4.49. The Bertz CT molecular complexity index is 2250. The van der Waals surface area contributed by atoms with Crippen molar-refractivity contribution in [2.45, 2.75) is 67.5 Å². The molecule has 0 atom stereocenters. The zero-order valence-electron chi connectivity index (χ0n) is 26.2. The Morgan fingerprint density at radius 3 is 2.09 bits per heavy atom. The molecule has 4 aromatic carbocycles. The summed E-state index contributed by atoms with van der Waals surface area (Å²) in [5.41, 5.74) is 6.64. The summed E-state index contributed by atoms with van der Waals surface area (Å²) < 4.78 is 48.6. The molecule has 0 unspecified atom stereocenters. The van der Waals surface area contributed by atoms with Crippen molar-refractivity contribution in [2.24, 2.45) is 17.9 Å². The van der Waals surface area contributed by atoms with Gasteiger partial charge in [-0.05, 0) is 75.6 Å². The van der Waals surface area contributed by atoms with Crippen LogP contribution in [0.1, 0.15) is 63.8 Å². The number of pyridine rings is 2. The van der Waals surface area contributed by atoms with Gasteiger partial charge in [0.1, 0.15) is 7.05 Å². The van der Waals surface area contributed by atoms with Crippen LogP contribution in [0.25, 0.3) is 59.8 Å². The minimum Gasteiger partial charge on any atom is -0.307 e. The Morgan fingerprint density at radius 1 is 0.721 bits per heavy atom. The second-order valence-corrected chi connectivity index (χ2v) is 14.9. The molecule has 220 valence electrons. The third-order valence-corrected chi connectivity index (χ3v) is 8.95. The summed E-state index contributed by atoms with van der Waals surface area (Å²) >= 11 is 0. The summed E-state index contributed by atoms with van der Waals surface area (Å²) in [7, 11) is 2.02. The molecule has 0 fully saturated rings. The van der Waals surface area contributed by atoms with Crippen LogP contribution in [-0.2, 0) is 26.1 Å². The standard InChI is InChI=1S/C38H38F3N2/c1-21-26-17-22(19-36(2,3)4)13-14-24(26)27(20-37(5,6)7)33-30(21)34-31-23(15-16-42(34)8)18-28(38(39,40)41)32-25-11-9-10-12-29(25)43(33)35(31)32/h9-18H,19-20H2,1-8H3/q+1.